The Bertz CT molecular complexity index is 930. The molecular weight excluding hydrogens is 384 g/mol. The largest absolute Gasteiger partial charge is 0.326 e. The topological polar surface area (TPSA) is 66.5 Å². The quantitative estimate of drug-likeness (QED) is 0.820. The lowest BCUT2D eigenvalue weighted by Gasteiger charge is -2.31. The van der Waals surface area contributed by atoms with Crippen LogP contribution in [0, 0.1) is 12.8 Å². The third kappa shape index (κ3) is 5.31. The number of rotatable bonds is 5. The van der Waals surface area contributed by atoms with E-state index in [1.807, 2.05) is 31.2 Å². The van der Waals surface area contributed by atoms with Gasteiger partial charge in [-0.3, -0.25) is 4.79 Å². The standard InChI is InChI=1S/C20H23ClN2O3S/c1-15-5-2-9-19(11-15)22-20(24)17-7-4-10-23(13-17)27(25,26)14-16-6-3-8-18(21)12-16/h2-3,5-6,8-9,11-12,17H,4,7,10,13-14H2,1H3,(H,22,24)/t17-/m0/s1. The van der Waals surface area contributed by atoms with Crippen molar-refractivity contribution in [3.8, 4) is 0 Å². The van der Waals surface area contributed by atoms with Crippen LogP contribution in [0.2, 0.25) is 5.02 Å². The molecule has 0 aromatic heterocycles. The number of halogens is 1. The molecule has 0 unspecified atom stereocenters. The van der Waals surface area contributed by atoms with E-state index in [2.05, 4.69) is 5.32 Å². The van der Waals surface area contributed by atoms with Gasteiger partial charge in [0.25, 0.3) is 0 Å². The van der Waals surface area contributed by atoms with E-state index in [4.69, 9.17) is 11.6 Å². The van der Waals surface area contributed by atoms with Crippen LogP contribution in [-0.4, -0.2) is 31.7 Å². The molecule has 1 atom stereocenters. The van der Waals surface area contributed by atoms with Crippen molar-refractivity contribution in [2.45, 2.75) is 25.5 Å². The molecule has 0 radical (unpaired) electrons. The Balaban J connectivity index is 1.66. The summed E-state index contributed by atoms with van der Waals surface area (Å²) in [4.78, 5) is 12.6. The monoisotopic (exact) mass is 406 g/mol. The molecule has 2 aromatic rings. The van der Waals surface area contributed by atoms with Crippen molar-refractivity contribution in [1.29, 1.82) is 0 Å². The van der Waals surface area contributed by atoms with Crippen LogP contribution in [0.25, 0.3) is 0 Å². The van der Waals surface area contributed by atoms with Crippen LogP contribution < -0.4 is 5.32 Å². The van der Waals surface area contributed by atoms with Gasteiger partial charge in [-0.2, -0.15) is 0 Å². The molecule has 27 heavy (non-hydrogen) atoms. The smallest absolute Gasteiger partial charge is 0.228 e. The molecule has 1 aliphatic rings. The van der Waals surface area contributed by atoms with Gasteiger partial charge in [0.2, 0.25) is 15.9 Å². The highest BCUT2D eigenvalue weighted by atomic mass is 35.5. The number of hydrogen-bond acceptors (Lipinski definition) is 3. The van der Waals surface area contributed by atoms with E-state index in [1.165, 1.54) is 4.31 Å². The molecule has 144 valence electrons. The average Bonchev–Trinajstić information content (AvgIpc) is 2.61. The summed E-state index contributed by atoms with van der Waals surface area (Å²) in [5.41, 5.74) is 2.44. The number of carbonyl (C=O) groups is 1. The van der Waals surface area contributed by atoms with Gasteiger partial charge < -0.3 is 5.32 Å². The lowest BCUT2D eigenvalue weighted by Crippen LogP contribution is -2.44. The first-order valence-electron chi connectivity index (χ1n) is 8.93. The lowest BCUT2D eigenvalue weighted by molar-refractivity contribution is -0.120. The zero-order valence-corrected chi connectivity index (χ0v) is 16.8. The van der Waals surface area contributed by atoms with Gasteiger partial charge in [0.15, 0.2) is 0 Å². The molecule has 1 heterocycles. The zero-order chi connectivity index (χ0) is 19.4. The van der Waals surface area contributed by atoms with Gasteiger partial charge in [0.1, 0.15) is 0 Å². The molecule has 0 saturated carbocycles. The summed E-state index contributed by atoms with van der Waals surface area (Å²) >= 11 is 5.95. The van der Waals surface area contributed by atoms with Crippen molar-refractivity contribution in [3.05, 3.63) is 64.7 Å². The summed E-state index contributed by atoms with van der Waals surface area (Å²) in [6.45, 7) is 2.61. The molecule has 0 aliphatic carbocycles. The maximum atomic E-state index is 12.8. The van der Waals surface area contributed by atoms with Crippen molar-refractivity contribution in [2.24, 2.45) is 5.92 Å². The minimum atomic E-state index is -3.50. The molecule has 2 aromatic carbocycles. The Morgan fingerprint density at radius 1 is 1.22 bits per heavy atom. The first-order valence-corrected chi connectivity index (χ1v) is 10.9. The van der Waals surface area contributed by atoms with Crippen molar-refractivity contribution in [1.82, 2.24) is 4.31 Å². The maximum Gasteiger partial charge on any atom is 0.228 e. The Morgan fingerprint density at radius 2 is 2.00 bits per heavy atom. The fraction of sp³-hybridized carbons (Fsp3) is 0.350. The molecule has 1 fully saturated rings. The van der Waals surface area contributed by atoms with E-state index < -0.39 is 10.0 Å². The number of benzene rings is 2. The van der Waals surface area contributed by atoms with Gasteiger partial charge in [-0.05, 0) is 55.2 Å². The number of piperidine rings is 1. The van der Waals surface area contributed by atoms with Gasteiger partial charge in [-0.1, -0.05) is 35.9 Å². The highest BCUT2D eigenvalue weighted by Crippen LogP contribution is 2.24. The van der Waals surface area contributed by atoms with Crippen LogP contribution in [-0.2, 0) is 20.6 Å². The Labute approximate surface area is 165 Å². The predicted molar refractivity (Wildman–Crippen MR) is 108 cm³/mol. The summed E-state index contributed by atoms with van der Waals surface area (Å²) in [6.07, 6.45) is 1.35. The molecule has 1 saturated heterocycles. The highest BCUT2D eigenvalue weighted by Gasteiger charge is 2.32. The number of nitrogens with one attached hydrogen (secondary N) is 1. The van der Waals surface area contributed by atoms with E-state index in [0.29, 0.717) is 30.0 Å². The van der Waals surface area contributed by atoms with Crippen LogP contribution in [0.15, 0.2) is 48.5 Å². The van der Waals surface area contributed by atoms with Crippen LogP contribution in [0.5, 0.6) is 0 Å². The van der Waals surface area contributed by atoms with Crippen molar-refractivity contribution >= 4 is 33.2 Å². The van der Waals surface area contributed by atoms with Crippen LogP contribution in [0.3, 0.4) is 0 Å². The van der Waals surface area contributed by atoms with Crippen LogP contribution in [0.1, 0.15) is 24.0 Å². The number of carbonyl (C=O) groups excluding carboxylic acids is 1. The SMILES string of the molecule is Cc1cccc(NC(=O)[C@H]2CCCN(S(=O)(=O)Cc3cccc(Cl)c3)C2)c1. The van der Waals surface area contributed by atoms with Crippen molar-refractivity contribution in [2.75, 3.05) is 18.4 Å². The second-order valence-electron chi connectivity index (χ2n) is 6.94. The van der Waals surface area contributed by atoms with Crippen molar-refractivity contribution < 1.29 is 13.2 Å². The molecule has 5 nitrogen and oxygen atoms in total. The summed E-state index contributed by atoms with van der Waals surface area (Å²) < 4.78 is 27.0. The highest BCUT2D eigenvalue weighted by molar-refractivity contribution is 7.88. The van der Waals surface area contributed by atoms with Gasteiger partial charge in [-0.15, -0.1) is 0 Å². The Hall–Kier alpha value is -1.89. The minimum Gasteiger partial charge on any atom is -0.326 e. The molecule has 1 N–H and O–H groups in total. The third-order valence-corrected chi connectivity index (χ3v) is 6.72. The first-order chi connectivity index (χ1) is 12.8. The number of aryl methyl sites for hydroxylation is 1. The van der Waals surface area contributed by atoms with E-state index in [1.54, 1.807) is 24.3 Å². The summed E-state index contributed by atoms with van der Waals surface area (Å²) in [5.74, 6) is -0.601. The van der Waals surface area contributed by atoms with Gasteiger partial charge >= 0.3 is 0 Å². The van der Waals surface area contributed by atoms with Gasteiger partial charge in [0, 0.05) is 23.8 Å². The second kappa shape index (κ2) is 8.42. The number of nitrogens with zero attached hydrogens (tertiary/aromatic N) is 1. The zero-order valence-electron chi connectivity index (χ0n) is 15.2. The molecule has 7 heteroatoms. The van der Waals surface area contributed by atoms with E-state index in [0.717, 1.165) is 11.3 Å². The predicted octanol–water partition coefficient (Wildman–Crippen LogP) is 3.83. The normalized spacial score (nSPS) is 18.2. The molecule has 1 amide bonds. The van der Waals surface area contributed by atoms with Gasteiger partial charge in [-0.25, -0.2) is 12.7 Å². The Morgan fingerprint density at radius 3 is 2.74 bits per heavy atom. The lowest BCUT2D eigenvalue weighted by atomic mass is 9.98. The molecule has 1 aliphatic heterocycles. The van der Waals surface area contributed by atoms with Crippen LogP contribution >= 0.6 is 11.6 Å². The number of anilines is 1. The van der Waals surface area contributed by atoms with Crippen molar-refractivity contribution in [3.63, 3.8) is 0 Å². The summed E-state index contributed by atoms with van der Waals surface area (Å²) in [5, 5.41) is 3.41. The summed E-state index contributed by atoms with van der Waals surface area (Å²) in [7, 11) is -3.50. The number of amides is 1. The third-order valence-electron chi connectivity index (χ3n) is 4.67. The van der Waals surface area contributed by atoms with E-state index in [9.17, 15) is 13.2 Å². The minimum absolute atomic E-state index is 0.111. The fourth-order valence-electron chi connectivity index (χ4n) is 3.30. The second-order valence-corrected chi connectivity index (χ2v) is 9.35. The van der Waals surface area contributed by atoms with E-state index >= 15 is 0 Å². The maximum absolute atomic E-state index is 12.8. The molecular formula is C20H23ClN2O3S. The fourth-order valence-corrected chi connectivity index (χ4v) is 5.12. The summed E-state index contributed by atoms with van der Waals surface area (Å²) in [6, 6.07) is 14.4. The van der Waals surface area contributed by atoms with Gasteiger partial charge in [0.05, 0.1) is 11.7 Å². The van der Waals surface area contributed by atoms with Crippen LogP contribution in [0.4, 0.5) is 5.69 Å². The van der Waals surface area contributed by atoms with E-state index in [-0.39, 0.29) is 24.1 Å². The average molecular weight is 407 g/mol. The first kappa shape index (κ1) is 19.9. The molecule has 3 rings (SSSR count). The number of sulfonamides is 1. The molecule has 0 spiro atoms. The Kier molecular flexibility index (Phi) is 6.19. The number of hydrogen-bond donors (Lipinski definition) is 1. The molecule has 0 bridgehead atoms.